The Hall–Kier alpha value is -3.32. The third-order valence-electron chi connectivity index (χ3n) is 8.09. The van der Waals surface area contributed by atoms with Crippen LogP contribution in [0.15, 0.2) is 78.4 Å². The van der Waals surface area contributed by atoms with Crippen molar-refractivity contribution in [2.75, 3.05) is 33.3 Å². The van der Waals surface area contributed by atoms with E-state index in [0.717, 1.165) is 36.0 Å². The van der Waals surface area contributed by atoms with Gasteiger partial charge in [0.25, 0.3) is 5.91 Å². The molecule has 0 radical (unpaired) electrons. The van der Waals surface area contributed by atoms with Gasteiger partial charge in [0.2, 0.25) is 5.91 Å². The van der Waals surface area contributed by atoms with E-state index in [1.54, 1.807) is 13.0 Å². The highest BCUT2D eigenvalue weighted by molar-refractivity contribution is 6.42. The summed E-state index contributed by atoms with van der Waals surface area (Å²) in [5.74, 6) is 0.658. The Bertz CT molecular complexity index is 1440. The summed E-state index contributed by atoms with van der Waals surface area (Å²) in [5.41, 5.74) is 5.31. The van der Waals surface area contributed by atoms with Gasteiger partial charge in [-0.25, -0.2) is 0 Å². The average molecular weight is 607 g/mol. The Morgan fingerprint density at radius 1 is 0.952 bits per heavy atom. The van der Waals surface area contributed by atoms with E-state index in [1.807, 2.05) is 47.2 Å². The fourth-order valence-electron chi connectivity index (χ4n) is 5.80. The first-order valence-electron chi connectivity index (χ1n) is 14.5. The molecule has 0 saturated carbocycles. The molecule has 2 amide bonds. The highest BCUT2D eigenvalue weighted by Crippen LogP contribution is 2.35. The Morgan fingerprint density at radius 3 is 2.43 bits per heavy atom. The minimum absolute atomic E-state index is 0.0168. The molecule has 5 rings (SSSR count). The van der Waals surface area contributed by atoms with Gasteiger partial charge in [-0.15, -0.1) is 0 Å². The highest BCUT2D eigenvalue weighted by atomic mass is 35.5. The van der Waals surface area contributed by atoms with Crippen LogP contribution < -0.4 is 10.1 Å². The van der Waals surface area contributed by atoms with Gasteiger partial charge in [0.15, 0.2) is 0 Å². The molecule has 6 nitrogen and oxygen atoms in total. The van der Waals surface area contributed by atoms with Gasteiger partial charge >= 0.3 is 0 Å². The summed E-state index contributed by atoms with van der Waals surface area (Å²) >= 11 is 12.3. The van der Waals surface area contributed by atoms with Gasteiger partial charge < -0.3 is 19.9 Å². The lowest BCUT2D eigenvalue weighted by Gasteiger charge is -2.44. The molecule has 1 fully saturated rings. The normalized spacial score (nSPS) is 18.1. The standard InChI is InChI=1S/C34H37Cl2N3O3/c1-23(40)39-21-27-20-28(32(30(22-39)37-27)34(41)38(2)18-17-24-8-4-3-5-9-24)26-15-13-25(14-16-26)10-7-19-42-31-12-6-11-29(35)33(31)36/h3-6,8-9,11-16,27,30,37H,7,10,17-22H2,1-2H3. The predicted molar refractivity (Wildman–Crippen MR) is 169 cm³/mol. The maximum atomic E-state index is 14.0. The quantitative estimate of drug-likeness (QED) is 0.286. The summed E-state index contributed by atoms with van der Waals surface area (Å²) in [5, 5.41) is 4.55. The zero-order valence-electron chi connectivity index (χ0n) is 24.1. The van der Waals surface area contributed by atoms with Gasteiger partial charge in [0, 0.05) is 45.2 Å². The largest absolute Gasteiger partial charge is 0.492 e. The summed E-state index contributed by atoms with van der Waals surface area (Å²) in [6.45, 7) is 3.90. The van der Waals surface area contributed by atoms with E-state index in [4.69, 9.17) is 27.9 Å². The molecule has 0 spiro atoms. The molecule has 2 aliphatic rings. The van der Waals surface area contributed by atoms with E-state index in [9.17, 15) is 9.59 Å². The maximum Gasteiger partial charge on any atom is 0.251 e. The monoisotopic (exact) mass is 605 g/mol. The first-order chi connectivity index (χ1) is 20.3. The maximum absolute atomic E-state index is 14.0. The summed E-state index contributed by atoms with van der Waals surface area (Å²) in [4.78, 5) is 29.9. The molecule has 220 valence electrons. The number of piperazine rings is 1. The lowest BCUT2D eigenvalue weighted by Crippen LogP contribution is -2.61. The minimum Gasteiger partial charge on any atom is -0.492 e. The van der Waals surface area contributed by atoms with E-state index in [-0.39, 0.29) is 23.9 Å². The summed E-state index contributed by atoms with van der Waals surface area (Å²) in [7, 11) is 1.87. The van der Waals surface area contributed by atoms with Crippen LogP contribution in [-0.2, 0) is 22.4 Å². The first kappa shape index (κ1) is 30.1. The van der Waals surface area contributed by atoms with Crippen molar-refractivity contribution >= 4 is 40.6 Å². The molecule has 2 bridgehead atoms. The molecule has 0 aromatic heterocycles. The number of benzene rings is 3. The number of hydrogen-bond acceptors (Lipinski definition) is 4. The van der Waals surface area contributed by atoms with Crippen LogP contribution in [0.1, 0.15) is 36.5 Å². The SMILES string of the molecule is CC(=O)N1CC2CC(c3ccc(CCCOc4cccc(Cl)c4Cl)cc3)=C(C(=O)N(C)CCc3ccccc3)C(C1)N2. The second-order valence-corrected chi connectivity index (χ2v) is 11.9. The number of likely N-dealkylation sites (N-methyl/N-ethyl adjacent to an activating group) is 1. The number of carbonyl (C=O) groups is 2. The lowest BCUT2D eigenvalue weighted by atomic mass is 9.82. The third-order valence-corrected chi connectivity index (χ3v) is 8.89. The number of carbonyl (C=O) groups excluding carboxylic acids is 2. The number of nitrogens with one attached hydrogen (secondary N) is 1. The van der Waals surface area contributed by atoms with E-state index in [2.05, 4.69) is 41.7 Å². The molecule has 3 aromatic carbocycles. The van der Waals surface area contributed by atoms with E-state index >= 15 is 0 Å². The molecule has 3 aromatic rings. The minimum atomic E-state index is -0.196. The van der Waals surface area contributed by atoms with Crippen LogP contribution in [0.3, 0.4) is 0 Å². The number of aryl methyl sites for hydroxylation is 1. The van der Waals surface area contributed by atoms with Crippen LogP contribution >= 0.6 is 23.2 Å². The molecular weight excluding hydrogens is 569 g/mol. The van der Waals surface area contributed by atoms with Crippen LogP contribution in [-0.4, -0.2) is 67.0 Å². The fourth-order valence-corrected chi connectivity index (χ4v) is 6.15. The third kappa shape index (κ3) is 7.17. The fraction of sp³-hybridized carbons (Fsp3) is 0.353. The van der Waals surface area contributed by atoms with Crippen molar-refractivity contribution in [3.8, 4) is 5.75 Å². The molecule has 2 atom stereocenters. The average Bonchev–Trinajstić information content (AvgIpc) is 3.00. The molecule has 8 heteroatoms. The predicted octanol–water partition coefficient (Wildman–Crippen LogP) is 6.05. The molecule has 1 N–H and O–H groups in total. The van der Waals surface area contributed by atoms with Crippen LogP contribution in [0.2, 0.25) is 10.0 Å². The van der Waals surface area contributed by atoms with E-state index in [0.29, 0.717) is 48.5 Å². The number of fused-ring (bicyclic) bond motifs is 2. The van der Waals surface area contributed by atoms with Gasteiger partial charge in [-0.05, 0) is 60.1 Å². The Labute approximate surface area is 258 Å². The zero-order chi connectivity index (χ0) is 29.6. The molecule has 42 heavy (non-hydrogen) atoms. The molecular formula is C34H37Cl2N3O3. The van der Waals surface area contributed by atoms with Crippen molar-refractivity contribution in [3.63, 3.8) is 0 Å². The van der Waals surface area contributed by atoms with Crippen molar-refractivity contribution in [2.24, 2.45) is 0 Å². The van der Waals surface area contributed by atoms with Crippen molar-refractivity contribution in [2.45, 2.75) is 44.7 Å². The van der Waals surface area contributed by atoms with Gasteiger partial charge in [-0.1, -0.05) is 83.9 Å². The summed E-state index contributed by atoms with van der Waals surface area (Å²) in [6, 6.07) is 24.0. The van der Waals surface area contributed by atoms with Crippen LogP contribution in [0, 0.1) is 0 Å². The highest BCUT2D eigenvalue weighted by Gasteiger charge is 2.39. The van der Waals surface area contributed by atoms with Crippen molar-refractivity contribution in [1.82, 2.24) is 15.1 Å². The lowest BCUT2D eigenvalue weighted by molar-refractivity contribution is -0.132. The van der Waals surface area contributed by atoms with E-state index in [1.165, 1.54) is 11.1 Å². The van der Waals surface area contributed by atoms with Crippen molar-refractivity contribution < 1.29 is 14.3 Å². The van der Waals surface area contributed by atoms with Crippen LogP contribution in [0.25, 0.3) is 5.57 Å². The summed E-state index contributed by atoms with van der Waals surface area (Å²) < 4.78 is 5.84. The molecule has 0 aliphatic carbocycles. The van der Waals surface area contributed by atoms with Crippen molar-refractivity contribution in [3.05, 3.63) is 105 Å². The molecule has 2 unspecified atom stereocenters. The topological polar surface area (TPSA) is 61.9 Å². The van der Waals surface area contributed by atoms with Crippen molar-refractivity contribution in [1.29, 1.82) is 0 Å². The summed E-state index contributed by atoms with van der Waals surface area (Å²) in [6.07, 6.45) is 3.16. The number of halogens is 2. The molecule has 2 heterocycles. The number of ether oxygens (including phenoxy) is 1. The van der Waals surface area contributed by atoms with E-state index < -0.39 is 0 Å². The zero-order valence-corrected chi connectivity index (χ0v) is 25.6. The van der Waals surface area contributed by atoms with Gasteiger partial charge in [-0.2, -0.15) is 0 Å². The van der Waals surface area contributed by atoms with Crippen LogP contribution in [0.4, 0.5) is 0 Å². The Balaban J connectivity index is 1.30. The van der Waals surface area contributed by atoms with Gasteiger partial charge in [-0.3, -0.25) is 9.59 Å². The second kappa shape index (κ2) is 13.8. The smallest absolute Gasteiger partial charge is 0.251 e. The first-order valence-corrected chi connectivity index (χ1v) is 15.3. The number of amides is 2. The number of hydrogen-bond donors (Lipinski definition) is 1. The van der Waals surface area contributed by atoms with Crippen LogP contribution in [0.5, 0.6) is 5.75 Å². The Morgan fingerprint density at radius 2 is 1.69 bits per heavy atom. The second-order valence-electron chi connectivity index (χ2n) is 11.1. The molecule has 1 saturated heterocycles. The number of rotatable bonds is 10. The molecule has 2 aliphatic heterocycles. The Kier molecular flexibility index (Phi) is 9.88. The van der Waals surface area contributed by atoms with Gasteiger partial charge in [0.1, 0.15) is 10.8 Å². The number of nitrogens with zero attached hydrogens (tertiary/aromatic N) is 2. The van der Waals surface area contributed by atoms with Gasteiger partial charge in [0.05, 0.1) is 17.7 Å².